The molecule has 0 atom stereocenters. The van der Waals surface area contributed by atoms with Crippen LogP contribution in [0.25, 0.3) is 0 Å². The Morgan fingerprint density at radius 3 is 2.25 bits per heavy atom. The Morgan fingerprint density at radius 2 is 1.80 bits per heavy atom. The number of hydrogen-bond donors (Lipinski definition) is 1. The molecule has 0 unspecified atom stereocenters. The Hall–Kier alpha value is -0.790. The minimum atomic E-state index is -4.79. The van der Waals surface area contributed by atoms with Gasteiger partial charge in [-0.1, -0.05) is 25.4 Å². The topological polar surface area (TPSA) is 46.2 Å². The third-order valence-electron chi connectivity index (χ3n) is 2.84. The van der Waals surface area contributed by atoms with Crippen LogP contribution in [0.5, 0.6) is 0 Å². The molecule has 0 fully saturated rings. The van der Waals surface area contributed by atoms with Crippen molar-refractivity contribution in [2.24, 2.45) is 0 Å². The maximum atomic E-state index is 12.9. The van der Waals surface area contributed by atoms with Crippen LogP contribution in [0.4, 0.5) is 13.2 Å². The summed E-state index contributed by atoms with van der Waals surface area (Å²) in [5.41, 5.74) is -1.26. The van der Waals surface area contributed by atoms with Gasteiger partial charge < -0.3 is 0 Å². The Labute approximate surface area is 121 Å². The molecule has 0 spiro atoms. The lowest BCUT2D eigenvalue weighted by Crippen LogP contribution is -2.35. The number of nitrogens with one attached hydrogen (secondary N) is 1. The number of sulfonamides is 1. The molecule has 0 radical (unpaired) electrons. The second-order valence-corrected chi connectivity index (χ2v) is 6.39. The highest BCUT2D eigenvalue weighted by Crippen LogP contribution is 2.35. The summed E-state index contributed by atoms with van der Waals surface area (Å²) in [6.45, 7) is 3.51. The van der Waals surface area contributed by atoms with Crippen LogP contribution in [0.1, 0.15) is 32.3 Å². The second kappa shape index (κ2) is 6.32. The smallest absolute Gasteiger partial charge is 0.208 e. The van der Waals surface area contributed by atoms with E-state index in [0.29, 0.717) is 18.9 Å². The maximum absolute atomic E-state index is 12.9. The molecular formula is C12H15ClF3NO2S. The van der Waals surface area contributed by atoms with Crippen molar-refractivity contribution in [2.45, 2.75) is 43.8 Å². The van der Waals surface area contributed by atoms with E-state index in [1.165, 1.54) is 0 Å². The van der Waals surface area contributed by atoms with E-state index in [1.54, 1.807) is 13.8 Å². The second-order valence-electron chi connectivity index (χ2n) is 4.27. The summed E-state index contributed by atoms with van der Waals surface area (Å²) in [5.74, 6) is 0. The van der Waals surface area contributed by atoms with E-state index >= 15 is 0 Å². The zero-order valence-electron chi connectivity index (χ0n) is 11.0. The van der Waals surface area contributed by atoms with Crippen LogP contribution in [0.3, 0.4) is 0 Å². The molecular weight excluding hydrogens is 315 g/mol. The summed E-state index contributed by atoms with van der Waals surface area (Å²) in [6.07, 6.45) is -3.81. The molecule has 0 aliphatic rings. The average molecular weight is 330 g/mol. The lowest BCUT2D eigenvalue weighted by atomic mass is 10.2. The fraction of sp³-hybridized carbons (Fsp3) is 0.500. The van der Waals surface area contributed by atoms with Crippen LogP contribution >= 0.6 is 11.6 Å². The highest BCUT2D eigenvalue weighted by atomic mass is 35.5. The minimum absolute atomic E-state index is 0.168. The van der Waals surface area contributed by atoms with E-state index in [9.17, 15) is 21.6 Å². The van der Waals surface area contributed by atoms with Gasteiger partial charge in [-0.05, 0) is 31.0 Å². The van der Waals surface area contributed by atoms with Crippen molar-refractivity contribution in [1.29, 1.82) is 0 Å². The van der Waals surface area contributed by atoms with Crippen molar-refractivity contribution in [3.63, 3.8) is 0 Å². The lowest BCUT2D eigenvalue weighted by molar-refractivity contribution is -0.139. The van der Waals surface area contributed by atoms with Gasteiger partial charge in [-0.2, -0.15) is 13.2 Å². The standard InChI is InChI=1S/C12H15ClF3NO2S/c1-3-9(4-2)17-20(18,19)11-6-5-8(13)7-10(11)12(14,15)16/h5-7,9,17H,3-4H2,1-2H3. The Morgan fingerprint density at radius 1 is 1.25 bits per heavy atom. The average Bonchev–Trinajstić information content (AvgIpc) is 2.34. The van der Waals surface area contributed by atoms with Crippen molar-refractivity contribution in [3.8, 4) is 0 Å². The SMILES string of the molecule is CCC(CC)NS(=O)(=O)c1ccc(Cl)cc1C(F)(F)F. The predicted octanol–water partition coefficient (Wildman–Crippen LogP) is 3.83. The summed E-state index contributed by atoms with van der Waals surface area (Å²) in [5, 5.41) is -0.168. The molecule has 1 aromatic carbocycles. The van der Waals surface area contributed by atoms with Crippen molar-refractivity contribution < 1.29 is 21.6 Å². The maximum Gasteiger partial charge on any atom is 0.417 e. The van der Waals surface area contributed by atoms with E-state index in [2.05, 4.69) is 4.72 Å². The predicted molar refractivity (Wildman–Crippen MR) is 71.1 cm³/mol. The molecule has 0 saturated heterocycles. The lowest BCUT2D eigenvalue weighted by Gasteiger charge is -2.18. The molecule has 114 valence electrons. The summed E-state index contributed by atoms with van der Waals surface area (Å²) < 4.78 is 65.2. The van der Waals surface area contributed by atoms with Gasteiger partial charge in [0.05, 0.1) is 10.5 Å². The van der Waals surface area contributed by atoms with Crippen molar-refractivity contribution >= 4 is 21.6 Å². The van der Waals surface area contributed by atoms with Crippen LogP contribution in [0, 0.1) is 0 Å². The molecule has 1 aromatic rings. The fourth-order valence-corrected chi connectivity index (χ4v) is 3.48. The molecule has 0 amide bonds. The number of halogens is 4. The largest absolute Gasteiger partial charge is 0.417 e. The summed E-state index contributed by atoms with van der Waals surface area (Å²) >= 11 is 5.52. The minimum Gasteiger partial charge on any atom is -0.208 e. The van der Waals surface area contributed by atoms with Gasteiger partial charge in [0.15, 0.2) is 0 Å². The Kier molecular flexibility index (Phi) is 5.46. The zero-order valence-corrected chi connectivity index (χ0v) is 12.5. The molecule has 1 rings (SSSR count). The molecule has 0 bridgehead atoms. The van der Waals surface area contributed by atoms with Crippen molar-refractivity contribution in [1.82, 2.24) is 4.72 Å². The summed E-state index contributed by atoms with van der Waals surface area (Å²) in [7, 11) is -4.24. The molecule has 3 nitrogen and oxygen atoms in total. The highest BCUT2D eigenvalue weighted by Gasteiger charge is 2.37. The molecule has 0 aromatic heterocycles. The third-order valence-corrected chi connectivity index (χ3v) is 4.66. The van der Waals surface area contributed by atoms with Gasteiger partial charge in [-0.25, -0.2) is 13.1 Å². The number of benzene rings is 1. The fourth-order valence-electron chi connectivity index (χ4n) is 1.70. The van der Waals surface area contributed by atoms with Crippen molar-refractivity contribution in [3.05, 3.63) is 28.8 Å². The summed E-state index contributed by atoms with van der Waals surface area (Å²) in [4.78, 5) is -0.804. The van der Waals surface area contributed by atoms with Gasteiger partial charge >= 0.3 is 6.18 Å². The van der Waals surface area contributed by atoms with E-state index in [4.69, 9.17) is 11.6 Å². The van der Waals surface area contributed by atoms with Crippen LogP contribution in [-0.4, -0.2) is 14.5 Å². The molecule has 0 saturated carbocycles. The molecule has 20 heavy (non-hydrogen) atoms. The number of rotatable bonds is 5. The first-order valence-electron chi connectivity index (χ1n) is 6.00. The highest BCUT2D eigenvalue weighted by molar-refractivity contribution is 7.89. The first kappa shape index (κ1) is 17.3. The third kappa shape index (κ3) is 4.10. The first-order valence-corrected chi connectivity index (χ1v) is 7.87. The van der Waals surface area contributed by atoms with Crippen LogP contribution in [0.15, 0.2) is 23.1 Å². The first-order chi connectivity index (χ1) is 9.11. The molecule has 0 aliphatic carbocycles. The van der Waals surface area contributed by atoms with Crippen LogP contribution in [0.2, 0.25) is 5.02 Å². The Bertz CT molecular complexity index is 569. The number of alkyl halides is 3. The van der Waals surface area contributed by atoms with Crippen LogP contribution in [-0.2, 0) is 16.2 Å². The van der Waals surface area contributed by atoms with Gasteiger partial charge in [0, 0.05) is 11.1 Å². The normalized spacial score (nSPS) is 12.9. The molecule has 8 heteroatoms. The molecule has 0 aliphatic heterocycles. The molecule has 0 heterocycles. The van der Waals surface area contributed by atoms with Gasteiger partial charge in [0.25, 0.3) is 0 Å². The van der Waals surface area contributed by atoms with Crippen molar-refractivity contribution in [2.75, 3.05) is 0 Å². The molecule has 1 N–H and O–H groups in total. The monoisotopic (exact) mass is 329 g/mol. The van der Waals surface area contributed by atoms with Gasteiger partial charge in [-0.3, -0.25) is 0 Å². The van der Waals surface area contributed by atoms with E-state index in [0.717, 1.165) is 12.1 Å². The van der Waals surface area contributed by atoms with Gasteiger partial charge in [0.1, 0.15) is 0 Å². The van der Waals surface area contributed by atoms with E-state index in [1.807, 2.05) is 0 Å². The van der Waals surface area contributed by atoms with E-state index < -0.39 is 32.7 Å². The Balaban J connectivity index is 3.32. The van der Waals surface area contributed by atoms with E-state index in [-0.39, 0.29) is 5.02 Å². The quantitative estimate of drug-likeness (QED) is 0.892. The van der Waals surface area contributed by atoms with Gasteiger partial charge in [0.2, 0.25) is 10.0 Å². The van der Waals surface area contributed by atoms with Gasteiger partial charge in [-0.15, -0.1) is 0 Å². The zero-order chi connectivity index (χ0) is 15.6. The number of hydrogen-bond acceptors (Lipinski definition) is 2. The van der Waals surface area contributed by atoms with Crippen LogP contribution < -0.4 is 4.72 Å². The summed E-state index contributed by atoms with van der Waals surface area (Å²) in [6, 6.07) is 2.20.